The number of anilines is 1. The second-order valence-electron chi connectivity index (χ2n) is 5.29. The summed E-state index contributed by atoms with van der Waals surface area (Å²) in [6, 6.07) is 8.70. The van der Waals surface area contributed by atoms with Crippen LogP contribution < -0.4 is 10.9 Å². The Labute approximate surface area is 159 Å². The molecule has 1 N–H and O–H groups in total. The zero-order valence-electron chi connectivity index (χ0n) is 13.8. The lowest BCUT2D eigenvalue weighted by atomic mass is 10.2. The highest BCUT2D eigenvalue weighted by Crippen LogP contribution is 2.15. The fraction of sp³-hybridized carbons (Fsp3) is 0.294. The van der Waals surface area contributed by atoms with Gasteiger partial charge in [-0.2, -0.15) is 5.10 Å². The second-order valence-corrected chi connectivity index (χ2v) is 5.94. The maximum atomic E-state index is 12.1. The smallest absolute Gasteiger partial charge is 0.338 e. The van der Waals surface area contributed by atoms with E-state index in [4.69, 9.17) is 27.9 Å². The monoisotopic (exact) mass is 397 g/mol. The Morgan fingerprint density at radius 2 is 1.92 bits per heavy atom. The normalized spacial score (nSPS) is 10.4. The molecule has 0 saturated heterocycles. The summed E-state index contributed by atoms with van der Waals surface area (Å²) in [6.45, 7) is 0.547. The molecule has 0 fully saturated rings. The number of ether oxygens (including phenoxy) is 1. The first-order chi connectivity index (χ1) is 12.5. The molecule has 1 amide bonds. The number of alkyl halides is 1. The minimum absolute atomic E-state index is 0.121. The van der Waals surface area contributed by atoms with Crippen molar-refractivity contribution in [3.63, 3.8) is 0 Å². The van der Waals surface area contributed by atoms with Crippen molar-refractivity contribution in [2.45, 2.75) is 19.4 Å². The van der Waals surface area contributed by atoms with Crippen LogP contribution in [-0.2, 0) is 16.1 Å². The first-order valence-electron chi connectivity index (χ1n) is 7.86. The maximum Gasteiger partial charge on any atom is 0.338 e. The van der Waals surface area contributed by atoms with Gasteiger partial charge in [-0.3, -0.25) is 9.59 Å². The van der Waals surface area contributed by atoms with E-state index < -0.39 is 11.5 Å². The number of halogens is 2. The summed E-state index contributed by atoms with van der Waals surface area (Å²) in [6.07, 6.45) is 2.43. The van der Waals surface area contributed by atoms with E-state index in [-0.39, 0.29) is 29.2 Å². The summed E-state index contributed by atoms with van der Waals surface area (Å²) in [7, 11) is 0. The summed E-state index contributed by atoms with van der Waals surface area (Å²) in [4.78, 5) is 35.1. The zero-order chi connectivity index (χ0) is 18.9. The lowest BCUT2D eigenvalue weighted by Crippen LogP contribution is -2.25. The molecule has 26 heavy (non-hydrogen) atoms. The number of amides is 1. The standard InChI is InChI=1S/C17H17Cl2N3O4/c18-10-14(23)21-13-11-20-22(16(24)15(13)19)8-4-5-9-26-17(25)12-6-2-1-3-7-12/h1-3,6-7,11H,4-5,8-10H2,(H,21,23). The number of aryl methyl sites for hydroxylation is 1. The SMILES string of the molecule is O=C(CCl)Nc1cnn(CCCCOC(=O)c2ccccc2)c(=O)c1Cl. The maximum absolute atomic E-state index is 12.1. The van der Waals surface area contributed by atoms with Crippen molar-refractivity contribution in [1.82, 2.24) is 9.78 Å². The van der Waals surface area contributed by atoms with Crippen LogP contribution in [0.3, 0.4) is 0 Å². The lowest BCUT2D eigenvalue weighted by Gasteiger charge is -2.09. The van der Waals surface area contributed by atoms with Crippen LogP contribution in [0.1, 0.15) is 23.2 Å². The lowest BCUT2D eigenvalue weighted by molar-refractivity contribution is -0.113. The van der Waals surface area contributed by atoms with Crippen LogP contribution in [0.5, 0.6) is 0 Å². The first kappa shape index (κ1) is 19.9. The number of hydrogen-bond acceptors (Lipinski definition) is 5. The molecular weight excluding hydrogens is 381 g/mol. The van der Waals surface area contributed by atoms with E-state index in [1.165, 1.54) is 10.9 Å². The van der Waals surface area contributed by atoms with Crippen molar-refractivity contribution >= 4 is 40.8 Å². The summed E-state index contributed by atoms with van der Waals surface area (Å²) in [5.74, 6) is -1.11. The Kier molecular flexibility index (Phi) is 7.62. The molecule has 0 radical (unpaired) electrons. The van der Waals surface area contributed by atoms with E-state index in [1.807, 2.05) is 6.07 Å². The number of nitrogens with one attached hydrogen (secondary N) is 1. The summed E-state index contributed by atoms with van der Waals surface area (Å²) >= 11 is 11.3. The molecule has 1 aromatic heterocycles. The summed E-state index contributed by atoms with van der Waals surface area (Å²) in [5.41, 5.74) is 0.0995. The van der Waals surface area contributed by atoms with Gasteiger partial charge in [0.05, 0.1) is 24.1 Å². The number of benzene rings is 1. The molecule has 0 saturated carbocycles. The molecule has 2 aromatic rings. The largest absolute Gasteiger partial charge is 0.462 e. The van der Waals surface area contributed by atoms with Gasteiger partial charge < -0.3 is 10.1 Å². The zero-order valence-corrected chi connectivity index (χ0v) is 15.3. The van der Waals surface area contributed by atoms with Gasteiger partial charge in [-0.15, -0.1) is 11.6 Å². The van der Waals surface area contributed by atoms with Crippen molar-refractivity contribution in [2.24, 2.45) is 0 Å². The van der Waals surface area contributed by atoms with Gasteiger partial charge in [0.25, 0.3) is 5.56 Å². The van der Waals surface area contributed by atoms with Crippen LogP contribution >= 0.6 is 23.2 Å². The number of carbonyl (C=O) groups is 2. The Hall–Kier alpha value is -2.38. The van der Waals surface area contributed by atoms with Gasteiger partial charge in [0.2, 0.25) is 5.91 Å². The minimum Gasteiger partial charge on any atom is -0.462 e. The number of aromatic nitrogens is 2. The van der Waals surface area contributed by atoms with Gasteiger partial charge >= 0.3 is 5.97 Å². The predicted molar refractivity (Wildman–Crippen MR) is 98.8 cm³/mol. The van der Waals surface area contributed by atoms with E-state index >= 15 is 0 Å². The minimum atomic E-state index is -0.514. The first-order valence-corrected chi connectivity index (χ1v) is 8.77. The third kappa shape index (κ3) is 5.57. The van der Waals surface area contributed by atoms with Crippen LogP contribution in [0, 0.1) is 0 Å². The van der Waals surface area contributed by atoms with E-state index in [2.05, 4.69) is 10.4 Å². The van der Waals surface area contributed by atoms with Crippen LogP contribution in [0.15, 0.2) is 41.3 Å². The molecular formula is C17H17Cl2N3O4. The highest BCUT2D eigenvalue weighted by atomic mass is 35.5. The quantitative estimate of drug-likeness (QED) is 0.420. The van der Waals surface area contributed by atoms with E-state index in [9.17, 15) is 14.4 Å². The van der Waals surface area contributed by atoms with Gasteiger partial charge in [0, 0.05) is 6.54 Å². The predicted octanol–water partition coefficient (Wildman–Crippen LogP) is 2.71. The van der Waals surface area contributed by atoms with Crippen LogP contribution in [0.2, 0.25) is 5.02 Å². The average molecular weight is 398 g/mol. The molecule has 0 bridgehead atoms. The molecule has 1 aromatic carbocycles. The molecule has 0 unspecified atom stereocenters. The molecule has 1 heterocycles. The van der Waals surface area contributed by atoms with E-state index in [0.717, 1.165) is 0 Å². The van der Waals surface area contributed by atoms with Gasteiger partial charge in [0.1, 0.15) is 10.9 Å². The number of unbranched alkanes of at least 4 members (excludes halogenated alkanes) is 1. The third-order valence-corrected chi connectivity index (χ3v) is 4.00. The molecule has 0 spiro atoms. The van der Waals surface area contributed by atoms with Crippen molar-refractivity contribution in [3.05, 3.63) is 57.5 Å². The Morgan fingerprint density at radius 1 is 1.19 bits per heavy atom. The third-order valence-electron chi connectivity index (χ3n) is 3.39. The number of nitrogens with zero attached hydrogens (tertiary/aromatic N) is 2. The molecule has 9 heteroatoms. The number of esters is 1. The second kappa shape index (κ2) is 9.94. The van der Waals surface area contributed by atoms with E-state index in [0.29, 0.717) is 24.9 Å². The Balaban J connectivity index is 1.81. The Morgan fingerprint density at radius 3 is 2.62 bits per heavy atom. The summed E-state index contributed by atoms with van der Waals surface area (Å²) in [5, 5.41) is 6.23. The molecule has 2 rings (SSSR count). The highest BCUT2D eigenvalue weighted by Gasteiger charge is 2.11. The fourth-order valence-corrected chi connectivity index (χ4v) is 2.34. The number of hydrogen-bond donors (Lipinski definition) is 1. The van der Waals surface area contributed by atoms with Crippen LogP contribution in [0.25, 0.3) is 0 Å². The molecule has 0 aliphatic heterocycles. The average Bonchev–Trinajstić information content (AvgIpc) is 2.67. The molecule has 7 nitrogen and oxygen atoms in total. The van der Waals surface area contributed by atoms with Crippen LogP contribution in [0.4, 0.5) is 5.69 Å². The number of carbonyl (C=O) groups excluding carboxylic acids is 2. The number of rotatable bonds is 8. The highest BCUT2D eigenvalue weighted by molar-refractivity contribution is 6.34. The summed E-state index contributed by atoms with van der Waals surface area (Å²) < 4.78 is 6.35. The van der Waals surface area contributed by atoms with Crippen molar-refractivity contribution in [2.75, 3.05) is 17.8 Å². The molecule has 0 atom stereocenters. The van der Waals surface area contributed by atoms with E-state index in [1.54, 1.807) is 24.3 Å². The molecule has 0 aliphatic rings. The van der Waals surface area contributed by atoms with Crippen molar-refractivity contribution < 1.29 is 14.3 Å². The van der Waals surface area contributed by atoms with Gasteiger partial charge in [-0.05, 0) is 25.0 Å². The van der Waals surface area contributed by atoms with Crippen molar-refractivity contribution in [3.8, 4) is 0 Å². The Bertz CT molecular complexity index is 825. The molecule has 0 aliphatic carbocycles. The van der Waals surface area contributed by atoms with Crippen molar-refractivity contribution in [1.29, 1.82) is 0 Å². The van der Waals surface area contributed by atoms with Crippen LogP contribution in [-0.4, -0.2) is 34.1 Å². The topological polar surface area (TPSA) is 90.3 Å². The van der Waals surface area contributed by atoms with Gasteiger partial charge in [0.15, 0.2) is 0 Å². The van der Waals surface area contributed by atoms with Gasteiger partial charge in [-0.25, -0.2) is 9.48 Å². The van der Waals surface area contributed by atoms with Gasteiger partial charge in [-0.1, -0.05) is 29.8 Å². The fourth-order valence-electron chi connectivity index (χ4n) is 2.08. The molecule has 138 valence electrons.